The van der Waals surface area contributed by atoms with Gasteiger partial charge in [0.1, 0.15) is 5.84 Å². The molecular weight excluding hydrogens is 947 g/mol. The van der Waals surface area contributed by atoms with Crippen LogP contribution in [0, 0.1) is 0 Å². The number of hydrogen-bond donors (Lipinski definition) is 7. The molecule has 0 fully saturated rings. The van der Waals surface area contributed by atoms with Gasteiger partial charge in [-0.3, -0.25) is 29.0 Å². The zero-order valence-corrected chi connectivity index (χ0v) is 41.8. The van der Waals surface area contributed by atoms with E-state index in [-0.39, 0.29) is 55.2 Å². The maximum atomic E-state index is 13.1. The summed E-state index contributed by atoms with van der Waals surface area (Å²) in [5, 5.41) is 17.4. The Hall–Kier alpha value is -5.58. The molecule has 1 aromatic rings. The van der Waals surface area contributed by atoms with Crippen LogP contribution in [0.25, 0.3) is 11.8 Å². The fourth-order valence-corrected chi connectivity index (χ4v) is 5.70. The highest BCUT2D eigenvalue weighted by Crippen LogP contribution is 2.28. The molecule has 0 saturated heterocycles. The maximum absolute atomic E-state index is 13.1. The van der Waals surface area contributed by atoms with Gasteiger partial charge >= 0.3 is 0 Å². The molecule has 0 aliphatic carbocycles. The fourth-order valence-electron chi connectivity index (χ4n) is 5.70. The zero-order chi connectivity index (χ0) is 52.3. The Bertz CT molecular complexity index is 1840. The van der Waals surface area contributed by atoms with Gasteiger partial charge in [0.15, 0.2) is 0 Å². The van der Waals surface area contributed by atoms with Gasteiger partial charge in [-0.1, -0.05) is 6.92 Å². The molecule has 72 heavy (non-hydrogen) atoms. The molecule has 25 heteroatoms. The quantitative estimate of drug-likeness (QED) is 0.0146. The number of amidine groups is 1. The van der Waals surface area contributed by atoms with E-state index in [9.17, 15) is 19.2 Å². The van der Waals surface area contributed by atoms with Crippen molar-refractivity contribution in [3.05, 3.63) is 59.3 Å². The Balaban J connectivity index is 1.35. The lowest BCUT2D eigenvalue weighted by Crippen LogP contribution is -2.37. The highest BCUT2D eigenvalue weighted by Gasteiger charge is 2.22. The summed E-state index contributed by atoms with van der Waals surface area (Å²) in [6, 6.07) is 1.70. The summed E-state index contributed by atoms with van der Waals surface area (Å²) in [6.07, 6.45) is 8.45. The lowest BCUT2D eigenvalue weighted by molar-refractivity contribution is -0.180. The number of aliphatic hydroxyl groups is 1. The minimum atomic E-state index is -0.564. The molecular formula is C47H77N9O16. The number of aliphatic imine (C=N–C) groups is 1. The minimum absolute atomic E-state index is 0.0504. The van der Waals surface area contributed by atoms with Crippen molar-refractivity contribution in [1.82, 2.24) is 26.0 Å². The highest BCUT2D eigenvalue weighted by molar-refractivity contribution is 6.05. The third-order valence-electron chi connectivity index (χ3n) is 9.19. The highest BCUT2D eigenvalue weighted by atomic mass is 16.7. The maximum Gasteiger partial charge on any atom is 0.273 e. The van der Waals surface area contributed by atoms with Gasteiger partial charge in [-0.25, -0.2) is 10.1 Å². The van der Waals surface area contributed by atoms with Gasteiger partial charge in [0.05, 0.1) is 169 Å². The van der Waals surface area contributed by atoms with Crippen molar-refractivity contribution >= 4 is 46.9 Å². The predicted octanol–water partition coefficient (Wildman–Crippen LogP) is -0.224. The monoisotopic (exact) mass is 1020 g/mol. The first-order valence-corrected chi connectivity index (χ1v) is 23.9. The Morgan fingerprint density at radius 3 is 1.61 bits per heavy atom. The van der Waals surface area contributed by atoms with Gasteiger partial charge in [-0.2, -0.15) is 0 Å². The first-order valence-electron chi connectivity index (χ1n) is 23.9. The Morgan fingerprint density at radius 2 is 1.15 bits per heavy atom. The molecule has 1 aromatic heterocycles. The van der Waals surface area contributed by atoms with E-state index in [2.05, 4.69) is 25.9 Å². The van der Waals surface area contributed by atoms with Crippen molar-refractivity contribution in [2.24, 2.45) is 22.2 Å². The number of amides is 4. The third-order valence-corrected chi connectivity index (χ3v) is 9.19. The first-order chi connectivity index (χ1) is 35.1. The molecule has 0 bridgehead atoms. The van der Waals surface area contributed by atoms with Crippen molar-refractivity contribution in [2.75, 3.05) is 165 Å². The SMILES string of the molecule is CCCN(OCC)C(=O)C1=Cc2ncc(/C(N)=C/C=C(\N)C(=O)NCCOCCOCCOCCOCCOCCOCCOCCOCCOCCOCCNC(=O)CNC(=O)/C=C\O)cc2N=C(N)C1. The Kier molecular flexibility index (Phi) is 36.5. The molecule has 0 spiro atoms. The number of allylic oxidation sites excluding steroid dienone is 2. The number of ether oxygens (including phenoxy) is 10. The van der Waals surface area contributed by atoms with E-state index in [1.165, 1.54) is 23.4 Å². The number of nitrogens with two attached hydrogens (primary N) is 3. The minimum Gasteiger partial charge on any atom is -0.515 e. The second kappa shape index (κ2) is 42.0. The van der Waals surface area contributed by atoms with E-state index in [1.54, 1.807) is 12.1 Å². The summed E-state index contributed by atoms with van der Waals surface area (Å²) in [7, 11) is 0. The molecule has 10 N–H and O–H groups in total. The van der Waals surface area contributed by atoms with Crippen LogP contribution in [0.2, 0.25) is 0 Å². The second-order valence-electron chi connectivity index (χ2n) is 14.9. The number of carbonyl (C=O) groups is 4. The molecule has 1 aliphatic rings. The molecule has 25 nitrogen and oxygen atoms in total. The lowest BCUT2D eigenvalue weighted by Gasteiger charge is -2.21. The lowest BCUT2D eigenvalue weighted by atomic mass is 10.1. The number of carbonyl (C=O) groups excluding carboxylic acids is 4. The molecule has 2 rings (SSSR count). The molecule has 0 saturated carbocycles. The van der Waals surface area contributed by atoms with Crippen LogP contribution >= 0.6 is 0 Å². The fraction of sp³-hybridized carbons (Fsp3) is 0.617. The van der Waals surface area contributed by atoms with E-state index < -0.39 is 11.8 Å². The standard InChI is InChI=1S/C47H77N9O16/c1-3-10-56(72-4-2)47(61)37-32-41-42(55-43(50)34-37)33-38(35-53-41)39(48)5-6-40(49)46(60)52-9-13-63-15-17-65-19-21-67-23-25-69-27-29-71-31-30-70-28-26-68-24-22-66-20-18-64-16-14-62-12-8-51-45(59)36-54-44(58)7-11-57/h5-7,11,32-33,35,57H,3-4,8-10,12-31,34,36,48-49H2,1-2H3,(H2,50,55)(H,51,59)(H,52,60)(H,54,58)/b11-7-,39-5-,40-6-. The molecule has 0 atom stereocenters. The van der Waals surface area contributed by atoms with E-state index in [0.29, 0.717) is 174 Å². The molecule has 1 aliphatic heterocycles. The van der Waals surface area contributed by atoms with Gasteiger partial charge in [0.25, 0.3) is 11.8 Å². The first kappa shape index (κ1) is 62.5. The van der Waals surface area contributed by atoms with Crippen molar-refractivity contribution in [3.8, 4) is 0 Å². The molecule has 0 unspecified atom stereocenters. The van der Waals surface area contributed by atoms with E-state index >= 15 is 0 Å². The Labute approximate surface area is 421 Å². The predicted molar refractivity (Wildman–Crippen MR) is 265 cm³/mol. The Morgan fingerprint density at radius 1 is 0.681 bits per heavy atom. The summed E-state index contributed by atoms with van der Waals surface area (Å²) >= 11 is 0. The average molecular weight is 1020 g/mol. The van der Waals surface area contributed by atoms with Crippen LogP contribution < -0.4 is 33.2 Å². The largest absolute Gasteiger partial charge is 0.515 e. The number of rotatable bonds is 44. The van der Waals surface area contributed by atoms with Gasteiger partial charge in [0.2, 0.25) is 11.8 Å². The molecule has 0 aromatic carbocycles. The smallest absolute Gasteiger partial charge is 0.273 e. The average Bonchev–Trinajstić information content (AvgIpc) is 3.54. The second-order valence-corrected chi connectivity index (χ2v) is 14.9. The van der Waals surface area contributed by atoms with Crippen LogP contribution in [0.4, 0.5) is 5.69 Å². The number of aromatic nitrogens is 1. The summed E-state index contributed by atoms with van der Waals surface area (Å²) in [5.74, 6) is -1.46. The van der Waals surface area contributed by atoms with E-state index in [4.69, 9.17) is 74.5 Å². The number of fused-ring (bicyclic) bond motifs is 1. The normalized spacial score (nSPS) is 12.8. The number of pyridine rings is 1. The molecule has 2 heterocycles. The van der Waals surface area contributed by atoms with Crippen molar-refractivity contribution in [1.29, 1.82) is 0 Å². The van der Waals surface area contributed by atoms with Crippen molar-refractivity contribution < 1.29 is 76.5 Å². The number of nitrogens with one attached hydrogen (secondary N) is 3. The zero-order valence-electron chi connectivity index (χ0n) is 41.8. The van der Waals surface area contributed by atoms with Gasteiger partial charge < -0.3 is 85.6 Å². The molecule has 0 radical (unpaired) electrons. The van der Waals surface area contributed by atoms with Crippen LogP contribution in [-0.4, -0.2) is 210 Å². The number of aliphatic hydroxyl groups excluding tert-OH is 1. The number of nitrogens with zero attached hydrogens (tertiary/aromatic N) is 3. The molecule has 406 valence electrons. The van der Waals surface area contributed by atoms with Crippen LogP contribution in [0.1, 0.15) is 37.9 Å². The summed E-state index contributed by atoms with van der Waals surface area (Å²) in [5.41, 5.74) is 20.5. The van der Waals surface area contributed by atoms with Crippen molar-refractivity contribution in [2.45, 2.75) is 26.7 Å². The summed E-state index contributed by atoms with van der Waals surface area (Å²) < 4.78 is 54.7. The number of hydroxylamine groups is 2. The van der Waals surface area contributed by atoms with E-state index in [1.807, 2.05) is 13.8 Å². The molecule has 4 amide bonds. The summed E-state index contributed by atoms with van der Waals surface area (Å²) in [6.45, 7) is 12.9. The van der Waals surface area contributed by atoms with Crippen LogP contribution in [0.5, 0.6) is 0 Å². The third kappa shape index (κ3) is 31.0. The van der Waals surface area contributed by atoms with Gasteiger partial charge in [0, 0.05) is 55.2 Å². The van der Waals surface area contributed by atoms with Crippen LogP contribution in [-0.2, 0) is 71.4 Å². The van der Waals surface area contributed by atoms with Gasteiger partial charge in [-0.05, 0) is 37.6 Å². The van der Waals surface area contributed by atoms with Crippen molar-refractivity contribution in [3.63, 3.8) is 0 Å². The summed E-state index contributed by atoms with van der Waals surface area (Å²) in [4.78, 5) is 62.7. The van der Waals surface area contributed by atoms with Crippen LogP contribution in [0.3, 0.4) is 0 Å². The topological polar surface area (TPSA) is 333 Å². The van der Waals surface area contributed by atoms with Crippen LogP contribution in [0.15, 0.2) is 53.0 Å². The number of hydrogen-bond acceptors (Lipinski definition) is 21. The van der Waals surface area contributed by atoms with E-state index in [0.717, 1.165) is 12.5 Å². The van der Waals surface area contributed by atoms with Gasteiger partial charge in [-0.15, -0.1) is 0 Å².